The second kappa shape index (κ2) is 7.66. The van der Waals surface area contributed by atoms with Gasteiger partial charge in [-0.3, -0.25) is 15.0 Å². The Balaban J connectivity index is 1.53. The van der Waals surface area contributed by atoms with Crippen LogP contribution in [0.1, 0.15) is 12.0 Å². The van der Waals surface area contributed by atoms with E-state index in [-0.39, 0.29) is 18.2 Å². The van der Waals surface area contributed by atoms with Crippen molar-refractivity contribution < 1.29 is 4.79 Å². The van der Waals surface area contributed by atoms with Crippen LogP contribution < -0.4 is 10.6 Å². The van der Waals surface area contributed by atoms with Gasteiger partial charge < -0.3 is 10.2 Å². The van der Waals surface area contributed by atoms with Crippen molar-refractivity contribution in [3.63, 3.8) is 0 Å². The first-order chi connectivity index (χ1) is 11.1. The summed E-state index contributed by atoms with van der Waals surface area (Å²) in [6.45, 7) is 6.19. The predicted octanol–water partition coefficient (Wildman–Crippen LogP) is 1.10. The average molecular weight is 334 g/mol. The first-order valence-electron chi connectivity index (χ1n) is 8.27. The molecule has 2 N–H and O–H groups in total. The molecule has 1 aromatic rings. The van der Waals surface area contributed by atoms with Gasteiger partial charge in [0.05, 0.1) is 0 Å². The second-order valence-electron chi connectivity index (χ2n) is 6.50. The first-order valence-corrected chi connectivity index (χ1v) is 9.26. The number of rotatable bonds is 4. The molecule has 2 fully saturated rings. The molecule has 1 aromatic carbocycles. The first kappa shape index (κ1) is 16.8. The minimum atomic E-state index is -0.0198. The number of piperazine rings is 1. The van der Waals surface area contributed by atoms with Crippen molar-refractivity contribution in [3.05, 3.63) is 29.8 Å². The van der Waals surface area contributed by atoms with Crippen molar-refractivity contribution in [2.45, 2.75) is 30.6 Å². The van der Waals surface area contributed by atoms with Gasteiger partial charge in [0.25, 0.3) is 0 Å². The summed E-state index contributed by atoms with van der Waals surface area (Å²) in [4.78, 5) is 18.0. The zero-order valence-electron chi connectivity index (χ0n) is 13.9. The maximum absolute atomic E-state index is 12.0. The lowest BCUT2D eigenvalue weighted by Crippen LogP contribution is -2.66. The number of likely N-dealkylation sites (N-methyl/N-ethyl adjacent to an activating group) is 1. The molecule has 0 aliphatic carbocycles. The summed E-state index contributed by atoms with van der Waals surface area (Å²) in [5.41, 5.74) is 1.28. The van der Waals surface area contributed by atoms with E-state index >= 15 is 0 Å². The lowest BCUT2D eigenvalue weighted by Gasteiger charge is -2.42. The molecule has 0 saturated carbocycles. The summed E-state index contributed by atoms with van der Waals surface area (Å²) < 4.78 is 0. The van der Waals surface area contributed by atoms with E-state index in [2.05, 4.69) is 58.7 Å². The maximum atomic E-state index is 12.0. The second-order valence-corrected chi connectivity index (χ2v) is 7.59. The van der Waals surface area contributed by atoms with Crippen LogP contribution in [0.2, 0.25) is 0 Å². The predicted molar refractivity (Wildman–Crippen MR) is 94.4 cm³/mol. The van der Waals surface area contributed by atoms with Gasteiger partial charge in [-0.2, -0.15) is 0 Å². The number of benzene rings is 1. The number of carbonyl (C=O) groups excluding carboxylic acids is 1. The third-order valence-corrected chi connectivity index (χ3v) is 5.67. The Morgan fingerprint density at radius 3 is 2.57 bits per heavy atom. The monoisotopic (exact) mass is 334 g/mol. The Labute approximate surface area is 142 Å². The summed E-state index contributed by atoms with van der Waals surface area (Å²) in [5.74, 6) is 1.07. The number of hydrogen-bond acceptors (Lipinski definition) is 5. The molecule has 0 aromatic heterocycles. The Morgan fingerprint density at radius 1 is 1.17 bits per heavy atom. The largest absolute Gasteiger partial charge is 0.328 e. The molecule has 2 atom stereocenters. The number of amides is 1. The molecule has 23 heavy (non-hydrogen) atoms. The van der Waals surface area contributed by atoms with Gasteiger partial charge in [-0.15, -0.1) is 11.8 Å². The Kier molecular flexibility index (Phi) is 5.58. The fraction of sp³-hybridized carbons (Fsp3) is 0.588. The Morgan fingerprint density at radius 2 is 1.87 bits per heavy atom. The fourth-order valence-corrected chi connectivity index (χ4v) is 3.91. The molecule has 2 aliphatic heterocycles. The molecule has 2 unspecified atom stereocenters. The molecule has 0 bridgehead atoms. The lowest BCUT2D eigenvalue weighted by atomic mass is 10.2. The highest BCUT2D eigenvalue weighted by Crippen LogP contribution is 2.21. The summed E-state index contributed by atoms with van der Waals surface area (Å²) in [6, 6.07) is 8.80. The molecule has 2 heterocycles. The summed E-state index contributed by atoms with van der Waals surface area (Å²) in [5, 5.41) is 6.69. The van der Waals surface area contributed by atoms with E-state index in [9.17, 15) is 4.79 Å². The molecule has 2 aliphatic rings. The number of aryl methyl sites for hydroxylation is 1. The highest BCUT2D eigenvalue weighted by molar-refractivity contribution is 7.99. The van der Waals surface area contributed by atoms with Crippen LogP contribution in [0.4, 0.5) is 0 Å². The van der Waals surface area contributed by atoms with Gasteiger partial charge in [-0.1, -0.05) is 17.7 Å². The third kappa shape index (κ3) is 4.70. The molecule has 126 valence electrons. The Hall–Kier alpha value is -1.08. The van der Waals surface area contributed by atoms with Crippen molar-refractivity contribution in [3.8, 4) is 0 Å². The minimum Gasteiger partial charge on any atom is -0.328 e. The minimum absolute atomic E-state index is 0.0198. The quantitative estimate of drug-likeness (QED) is 0.808. The normalized spacial score (nSPS) is 27.0. The van der Waals surface area contributed by atoms with Gasteiger partial charge in [-0.05, 0) is 26.1 Å². The van der Waals surface area contributed by atoms with Crippen LogP contribution in [0.3, 0.4) is 0 Å². The van der Waals surface area contributed by atoms with E-state index < -0.39 is 0 Å². The van der Waals surface area contributed by atoms with Crippen LogP contribution in [-0.4, -0.2) is 67.0 Å². The molecular formula is C17H26N4OS. The van der Waals surface area contributed by atoms with E-state index in [1.807, 2.05) is 11.8 Å². The highest BCUT2D eigenvalue weighted by atomic mass is 32.2. The molecule has 0 radical (unpaired) electrons. The standard InChI is InChI=1S/C17H26N4OS/c1-13-3-5-15(6-4-13)23-12-14-11-16(22)19-17(18-14)21-9-7-20(2)8-10-21/h3-6,14,17-18H,7-12H2,1-2H3,(H,19,22). The molecular weight excluding hydrogens is 308 g/mol. The maximum Gasteiger partial charge on any atom is 0.223 e. The van der Waals surface area contributed by atoms with E-state index in [1.165, 1.54) is 10.5 Å². The SMILES string of the molecule is Cc1ccc(SCC2CC(=O)NC(N3CCN(C)CC3)N2)cc1. The van der Waals surface area contributed by atoms with Crippen molar-refractivity contribution in [1.29, 1.82) is 0 Å². The average Bonchev–Trinajstić information content (AvgIpc) is 2.54. The summed E-state index contributed by atoms with van der Waals surface area (Å²) in [6.07, 6.45) is 0.539. The van der Waals surface area contributed by atoms with Crippen LogP contribution in [0.5, 0.6) is 0 Å². The van der Waals surface area contributed by atoms with Gasteiger partial charge in [0.1, 0.15) is 6.29 Å². The fourth-order valence-electron chi connectivity index (χ4n) is 2.97. The van der Waals surface area contributed by atoms with E-state index in [0.717, 1.165) is 31.9 Å². The molecule has 6 heteroatoms. The summed E-state index contributed by atoms with van der Waals surface area (Å²) in [7, 11) is 2.14. The molecule has 1 amide bonds. The van der Waals surface area contributed by atoms with Crippen LogP contribution in [-0.2, 0) is 4.79 Å². The van der Waals surface area contributed by atoms with Gasteiger partial charge in [0.15, 0.2) is 0 Å². The zero-order chi connectivity index (χ0) is 16.2. The Bertz CT molecular complexity index is 528. The molecule has 5 nitrogen and oxygen atoms in total. The topological polar surface area (TPSA) is 47.6 Å². The van der Waals surface area contributed by atoms with Crippen molar-refractivity contribution in [2.75, 3.05) is 39.0 Å². The zero-order valence-corrected chi connectivity index (χ0v) is 14.7. The smallest absolute Gasteiger partial charge is 0.223 e. The van der Waals surface area contributed by atoms with E-state index in [0.29, 0.717) is 6.42 Å². The van der Waals surface area contributed by atoms with Crippen molar-refractivity contribution >= 4 is 17.7 Å². The summed E-state index contributed by atoms with van der Waals surface area (Å²) >= 11 is 1.82. The van der Waals surface area contributed by atoms with Crippen LogP contribution >= 0.6 is 11.8 Å². The highest BCUT2D eigenvalue weighted by Gasteiger charge is 2.30. The number of hydrogen-bond donors (Lipinski definition) is 2. The number of nitrogens with one attached hydrogen (secondary N) is 2. The van der Waals surface area contributed by atoms with E-state index in [4.69, 9.17) is 0 Å². The molecule has 2 saturated heterocycles. The van der Waals surface area contributed by atoms with Crippen molar-refractivity contribution in [2.24, 2.45) is 0 Å². The van der Waals surface area contributed by atoms with Crippen LogP contribution in [0, 0.1) is 6.92 Å². The number of thioether (sulfide) groups is 1. The molecule has 0 spiro atoms. The van der Waals surface area contributed by atoms with Gasteiger partial charge in [0, 0.05) is 49.3 Å². The molecule has 3 rings (SSSR count). The third-order valence-electron chi connectivity index (χ3n) is 4.50. The van der Waals surface area contributed by atoms with E-state index in [1.54, 1.807) is 0 Å². The van der Waals surface area contributed by atoms with Gasteiger partial charge in [-0.25, -0.2) is 0 Å². The number of nitrogens with zero attached hydrogens (tertiary/aromatic N) is 2. The van der Waals surface area contributed by atoms with Crippen LogP contribution in [0.25, 0.3) is 0 Å². The van der Waals surface area contributed by atoms with Gasteiger partial charge >= 0.3 is 0 Å². The van der Waals surface area contributed by atoms with Gasteiger partial charge in [0.2, 0.25) is 5.91 Å². The van der Waals surface area contributed by atoms with Crippen molar-refractivity contribution in [1.82, 2.24) is 20.4 Å². The number of carbonyl (C=O) groups is 1. The van der Waals surface area contributed by atoms with Crippen LogP contribution in [0.15, 0.2) is 29.2 Å². The lowest BCUT2D eigenvalue weighted by molar-refractivity contribution is -0.127.